The average molecular weight is 279 g/mol. The smallest absolute Gasteiger partial charge is 0.240 e. The molecule has 18 heavy (non-hydrogen) atoms. The summed E-state index contributed by atoms with van der Waals surface area (Å²) in [6.45, 7) is 4.07. The van der Waals surface area contributed by atoms with Crippen LogP contribution in [-0.2, 0) is 9.53 Å². The van der Waals surface area contributed by atoms with Gasteiger partial charge in [-0.1, -0.05) is 32.6 Å². The number of hydrogen-bond acceptors (Lipinski definition) is 3. The lowest BCUT2D eigenvalue weighted by Crippen LogP contribution is -2.55. The molecule has 108 valence electrons. The average Bonchev–Trinajstić information content (AvgIpc) is 2.34. The Labute approximate surface area is 116 Å². The molecule has 0 aromatic heterocycles. The SMILES string of the molecule is CCCCOCCNC(=O)C1(N)CCCCC1.Cl. The van der Waals surface area contributed by atoms with Crippen molar-refractivity contribution in [3.8, 4) is 0 Å². The molecule has 0 saturated heterocycles. The van der Waals surface area contributed by atoms with E-state index in [1.807, 2.05) is 0 Å². The first-order chi connectivity index (χ1) is 8.19. The summed E-state index contributed by atoms with van der Waals surface area (Å²) in [5, 5.41) is 2.88. The lowest BCUT2D eigenvalue weighted by Gasteiger charge is -2.31. The predicted molar refractivity (Wildman–Crippen MR) is 76.0 cm³/mol. The zero-order valence-corrected chi connectivity index (χ0v) is 12.2. The molecule has 0 unspecified atom stereocenters. The van der Waals surface area contributed by atoms with Crippen LogP contribution >= 0.6 is 12.4 Å². The highest BCUT2D eigenvalue weighted by molar-refractivity contribution is 5.86. The van der Waals surface area contributed by atoms with Crippen LogP contribution in [0, 0.1) is 0 Å². The van der Waals surface area contributed by atoms with Crippen LogP contribution in [0.4, 0.5) is 0 Å². The van der Waals surface area contributed by atoms with Gasteiger partial charge in [-0.05, 0) is 19.3 Å². The lowest BCUT2D eigenvalue weighted by atomic mass is 9.82. The van der Waals surface area contributed by atoms with E-state index < -0.39 is 5.54 Å². The first kappa shape index (κ1) is 17.7. The molecule has 0 aliphatic heterocycles. The van der Waals surface area contributed by atoms with Crippen molar-refractivity contribution in [3.05, 3.63) is 0 Å². The Bertz CT molecular complexity index is 231. The minimum Gasteiger partial charge on any atom is -0.380 e. The third-order valence-electron chi connectivity index (χ3n) is 3.37. The summed E-state index contributed by atoms with van der Waals surface area (Å²) in [6, 6.07) is 0. The van der Waals surface area contributed by atoms with Gasteiger partial charge in [-0.2, -0.15) is 0 Å². The van der Waals surface area contributed by atoms with Gasteiger partial charge in [-0.25, -0.2) is 0 Å². The summed E-state index contributed by atoms with van der Waals surface area (Å²) in [7, 11) is 0. The molecule has 1 aliphatic carbocycles. The molecule has 0 spiro atoms. The van der Waals surface area contributed by atoms with E-state index in [-0.39, 0.29) is 18.3 Å². The van der Waals surface area contributed by atoms with Gasteiger partial charge in [0.1, 0.15) is 0 Å². The molecule has 1 saturated carbocycles. The highest BCUT2D eigenvalue weighted by atomic mass is 35.5. The number of carbonyl (C=O) groups is 1. The number of rotatable bonds is 7. The van der Waals surface area contributed by atoms with Crippen LogP contribution in [-0.4, -0.2) is 31.2 Å². The Morgan fingerprint density at radius 1 is 1.28 bits per heavy atom. The van der Waals surface area contributed by atoms with E-state index in [1.165, 1.54) is 6.42 Å². The van der Waals surface area contributed by atoms with Crippen LogP contribution in [0.1, 0.15) is 51.9 Å². The van der Waals surface area contributed by atoms with Gasteiger partial charge < -0.3 is 15.8 Å². The maximum absolute atomic E-state index is 11.9. The first-order valence-electron chi connectivity index (χ1n) is 6.84. The minimum absolute atomic E-state index is 0. The van der Waals surface area contributed by atoms with Crippen LogP contribution < -0.4 is 11.1 Å². The number of nitrogens with one attached hydrogen (secondary N) is 1. The van der Waals surface area contributed by atoms with Gasteiger partial charge >= 0.3 is 0 Å². The first-order valence-corrected chi connectivity index (χ1v) is 6.84. The molecule has 1 amide bonds. The van der Waals surface area contributed by atoms with Gasteiger partial charge in [-0.15, -0.1) is 12.4 Å². The third kappa shape index (κ3) is 6.03. The van der Waals surface area contributed by atoms with E-state index in [4.69, 9.17) is 10.5 Å². The topological polar surface area (TPSA) is 64.3 Å². The molecule has 0 heterocycles. The second-order valence-corrected chi connectivity index (χ2v) is 4.94. The van der Waals surface area contributed by atoms with Crippen molar-refractivity contribution in [1.82, 2.24) is 5.32 Å². The summed E-state index contributed by atoms with van der Waals surface area (Å²) in [5.41, 5.74) is 5.49. The number of amides is 1. The van der Waals surface area contributed by atoms with Crippen molar-refractivity contribution in [3.63, 3.8) is 0 Å². The van der Waals surface area contributed by atoms with Crippen LogP contribution in [0.5, 0.6) is 0 Å². The molecule has 5 heteroatoms. The molecule has 1 aliphatic rings. The Kier molecular flexibility index (Phi) is 9.42. The van der Waals surface area contributed by atoms with Crippen molar-refractivity contribution < 1.29 is 9.53 Å². The van der Waals surface area contributed by atoms with Gasteiger partial charge in [0.05, 0.1) is 12.1 Å². The maximum atomic E-state index is 11.9. The van der Waals surface area contributed by atoms with Crippen LogP contribution in [0.3, 0.4) is 0 Å². The van der Waals surface area contributed by atoms with Gasteiger partial charge in [0.25, 0.3) is 0 Å². The number of unbranched alkanes of at least 4 members (excludes halogenated alkanes) is 1. The largest absolute Gasteiger partial charge is 0.380 e. The number of halogens is 1. The fourth-order valence-corrected chi connectivity index (χ4v) is 2.17. The van der Waals surface area contributed by atoms with Crippen molar-refractivity contribution in [1.29, 1.82) is 0 Å². The van der Waals surface area contributed by atoms with Crippen molar-refractivity contribution in [2.24, 2.45) is 5.73 Å². The van der Waals surface area contributed by atoms with E-state index in [2.05, 4.69) is 12.2 Å². The van der Waals surface area contributed by atoms with Gasteiger partial charge in [0.2, 0.25) is 5.91 Å². The highest BCUT2D eigenvalue weighted by Gasteiger charge is 2.34. The second-order valence-electron chi connectivity index (χ2n) is 4.94. The molecule has 1 fully saturated rings. The fourth-order valence-electron chi connectivity index (χ4n) is 2.17. The molecule has 0 radical (unpaired) electrons. The monoisotopic (exact) mass is 278 g/mol. The Hall–Kier alpha value is -0.320. The zero-order valence-electron chi connectivity index (χ0n) is 11.4. The number of ether oxygens (including phenoxy) is 1. The van der Waals surface area contributed by atoms with Crippen molar-refractivity contribution in [2.45, 2.75) is 57.4 Å². The van der Waals surface area contributed by atoms with E-state index in [0.29, 0.717) is 13.2 Å². The van der Waals surface area contributed by atoms with E-state index in [0.717, 1.165) is 45.1 Å². The molecule has 3 N–H and O–H groups in total. The molecule has 4 nitrogen and oxygen atoms in total. The van der Waals surface area contributed by atoms with Crippen LogP contribution in [0.15, 0.2) is 0 Å². The quantitative estimate of drug-likeness (QED) is 0.700. The van der Waals surface area contributed by atoms with E-state index in [9.17, 15) is 4.79 Å². The normalized spacial score (nSPS) is 17.9. The van der Waals surface area contributed by atoms with Gasteiger partial charge in [-0.3, -0.25) is 4.79 Å². The summed E-state index contributed by atoms with van der Waals surface area (Å²) < 4.78 is 5.39. The maximum Gasteiger partial charge on any atom is 0.240 e. The van der Waals surface area contributed by atoms with Gasteiger partial charge in [0.15, 0.2) is 0 Å². The summed E-state index contributed by atoms with van der Waals surface area (Å²) in [5.74, 6) is -0.00343. The van der Waals surface area contributed by atoms with Crippen LogP contribution in [0.25, 0.3) is 0 Å². The second kappa shape index (κ2) is 9.59. The summed E-state index contributed by atoms with van der Waals surface area (Å²) in [6.07, 6.45) is 7.18. The summed E-state index contributed by atoms with van der Waals surface area (Å²) in [4.78, 5) is 11.9. The third-order valence-corrected chi connectivity index (χ3v) is 3.37. The van der Waals surface area contributed by atoms with Crippen molar-refractivity contribution >= 4 is 18.3 Å². The molecular formula is C13H27ClN2O2. The highest BCUT2D eigenvalue weighted by Crippen LogP contribution is 2.25. The Morgan fingerprint density at radius 3 is 2.56 bits per heavy atom. The minimum atomic E-state index is -0.623. The molecule has 0 bridgehead atoms. The lowest BCUT2D eigenvalue weighted by molar-refractivity contribution is -0.127. The number of hydrogen-bond donors (Lipinski definition) is 2. The van der Waals surface area contributed by atoms with Crippen molar-refractivity contribution in [2.75, 3.05) is 19.8 Å². The Morgan fingerprint density at radius 2 is 1.94 bits per heavy atom. The Balaban J connectivity index is 0.00000289. The molecular weight excluding hydrogens is 252 g/mol. The molecule has 1 rings (SSSR count). The van der Waals surface area contributed by atoms with E-state index in [1.54, 1.807) is 0 Å². The standard InChI is InChI=1S/C13H26N2O2.ClH/c1-2-3-10-17-11-9-15-12(16)13(14)7-5-4-6-8-13;/h2-11,14H2,1H3,(H,15,16);1H. The van der Waals surface area contributed by atoms with E-state index >= 15 is 0 Å². The number of nitrogens with two attached hydrogens (primary N) is 1. The van der Waals surface area contributed by atoms with Gasteiger partial charge in [0, 0.05) is 13.2 Å². The molecule has 0 aromatic rings. The zero-order chi connectivity index (χ0) is 12.6. The van der Waals surface area contributed by atoms with Crippen LogP contribution in [0.2, 0.25) is 0 Å². The number of carbonyl (C=O) groups excluding carboxylic acids is 1. The predicted octanol–water partition coefficient (Wildman–Crippen LogP) is 2.00. The molecule has 0 atom stereocenters. The molecule has 0 aromatic carbocycles. The summed E-state index contributed by atoms with van der Waals surface area (Å²) >= 11 is 0. The fraction of sp³-hybridized carbons (Fsp3) is 0.923.